The minimum absolute atomic E-state index is 0. The third-order valence-corrected chi connectivity index (χ3v) is 7.35. The van der Waals surface area contributed by atoms with Crippen molar-refractivity contribution in [2.75, 3.05) is 37.8 Å². The van der Waals surface area contributed by atoms with Crippen LogP contribution >= 0.6 is 36.6 Å². The van der Waals surface area contributed by atoms with Gasteiger partial charge in [-0.15, -0.1) is 36.6 Å². The van der Waals surface area contributed by atoms with Gasteiger partial charge >= 0.3 is 0 Å². The molecule has 0 aliphatic carbocycles. The van der Waals surface area contributed by atoms with E-state index in [0.717, 1.165) is 0 Å². The molecular weight excluding hydrogens is 561 g/mol. The number of fused-ring (bicyclic) bond motifs is 2. The number of likely N-dealkylation sites (tertiary alicyclic amines) is 1. The molecule has 0 spiro atoms. The number of amides is 2. The van der Waals surface area contributed by atoms with Gasteiger partial charge in [-0.3, -0.25) is 14.6 Å². The first-order valence-electron chi connectivity index (χ1n) is 11.6. The number of halogens is 4. The molecule has 0 bridgehead atoms. The maximum absolute atomic E-state index is 14.6. The Kier molecular flexibility index (Phi) is 10.0. The average Bonchev–Trinajstić information content (AvgIpc) is 2.88. The van der Waals surface area contributed by atoms with Crippen LogP contribution < -0.4 is 15.4 Å². The molecule has 2 aliphatic rings. The van der Waals surface area contributed by atoms with Gasteiger partial charge in [0.1, 0.15) is 11.6 Å². The van der Waals surface area contributed by atoms with Gasteiger partial charge in [0.05, 0.1) is 35.0 Å². The van der Waals surface area contributed by atoms with Crippen LogP contribution in [0.3, 0.4) is 0 Å². The Morgan fingerprint density at radius 3 is 2.71 bits per heavy atom. The minimum atomic E-state index is -0.718. The van der Waals surface area contributed by atoms with E-state index in [-0.39, 0.29) is 54.0 Å². The second kappa shape index (κ2) is 12.8. The van der Waals surface area contributed by atoms with Crippen molar-refractivity contribution in [3.63, 3.8) is 0 Å². The highest BCUT2D eigenvalue weighted by Gasteiger charge is 2.26. The number of anilines is 1. The molecule has 14 heteroatoms. The highest BCUT2D eigenvalue weighted by molar-refractivity contribution is 8.00. The molecule has 38 heavy (non-hydrogen) atoms. The molecule has 3 aromatic rings. The smallest absolute Gasteiger partial charge is 0.273 e. The largest absolute Gasteiger partial charge is 0.481 e. The Bertz CT molecular complexity index is 1340. The highest BCUT2D eigenvalue weighted by Crippen LogP contribution is 2.31. The molecule has 5 rings (SSSR count). The predicted octanol–water partition coefficient (Wildman–Crippen LogP) is 3.64. The number of methoxy groups -OCH3 is 1. The molecule has 9 nitrogen and oxygen atoms in total. The van der Waals surface area contributed by atoms with Crippen LogP contribution in [-0.2, 0) is 11.2 Å². The number of hydrogen-bond donors (Lipinski definition) is 2. The SMILES string of the molecule is COc1ccc2ncc(F)c(CCN3CCC(NC(=O)c4nc5c(cc4F)SCC(=O)N5)CC3)c2n1.Cl.Cl. The van der Waals surface area contributed by atoms with Gasteiger partial charge in [0.25, 0.3) is 5.91 Å². The third-order valence-electron chi connectivity index (χ3n) is 6.32. The van der Waals surface area contributed by atoms with Crippen LogP contribution in [0.1, 0.15) is 28.9 Å². The van der Waals surface area contributed by atoms with Gasteiger partial charge in [0.15, 0.2) is 11.5 Å². The molecule has 2 amide bonds. The summed E-state index contributed by atoms with van der Waals surface area (Å²) in [5.74, 6) is -1.17. The van der Waals surface area contributed by atoms with Gasteiger partial charge in [-0.05, 0) is 31.4 Å². The van der Waals surface area contributed by atoms with Crippen LogP contribution in [0.15, 0.2) is 29.3 Å². The van der Waals surface area contributed by atoms with Crippen molar-refractivity contribution in [3.05, 3.63) is 47.3 Å². The highest BCUT2D eigenvalue weighted by atomic mass is 35.5. The van der Waals surface area contributed by atoms with E-state index in [0.29, 0.717) is 66.3 Å². The standard InChI is InChI=1S/C24H24F2N6O3S.2ClH/c1-35-20-3-2-17-21(30-20)14(16(26)11-27-17)6-9-32-7-4-13(5-8-32)28-24(34)22-15(25)10-18-23(31-22)29-19(33)12-36-18;;/h2-3,10-11,13H,4-9,12H2,1H3,(H,28,34)(H,29,31,33);2*1H. The Balaban J connectivity index is 0.00000200. The maximum atomic E-state index is 14.6. The van der Waals surface area contributed by atoms with Gasteiger partial charge in [-0.1, -0.05) is 0 Å². The van der Waals surface area contributed by atoms with Crippen molar-refractivity contribution in [2.45, 2.75) is 30.2 Å². The van der Waals surface area contributed by atoms with Crippen LogP contribution in [0.4, 0.5) is 14.6 Å². The molecule has 0 saturated carbocycles. The molecule has 2 aliphatic heterocycles. The maximum Gasteiger partial charge on any atom is 0.273 e. The molecule has 1 saturated heterocycles. The Morgan fingerprint density at radius 2 is 1.97 bits per heavy atom. The van der Waals surface area contributed by atoms with E-state index in [2.05, 4.69) is 30.5 Å². The lowest BCUT2D eigenvalue weighted by molar-refractivity contribution is -0.113. The molecule has 0 aromatic carbocycles. The summed E-state index contributed by atoms with van der Waals surface area (Å²) in [6.07, 6.45) is 2.99. The first-order chi connectivity index (χ1) is 17.4. The predicted molar refractivity (Wildman–Crippen MR) is 145 cm³/mol. The van der Waals surface area contributed by atoms with Crippen molar-refractivity contribution in [1.82, 2.24) is 25.2 Å². The second-order valence-corrected chi connectivity index (χ2v) is 9.66. The van der Waals surface area contributed by atoms with E-state index in [1.54, 1.807) is 12.1 Å². The van der Waals surface area contributed by atoms with Crippen LogP contribution in [-0.4, -0.2) is 70.2 Å². The number of carbonyl (C=O) groups is 2. The summed E-state index contributed by atoms with van der Waals surface area (Å²) >= 11 is 1.18. The summed E-state index contributed by atoms with van der Waals surface area (Å²) in [7, 11) is 1.51. The van der Waals surface area contributed by atoms with Gasteiger partial charge in [-0.2, -0.15) is 0 Å². The molecule has 1 fully saturated rings. The molecule has 204 valence electrons. The van der Waals surface area contributed by atoms with Crippen LogP contribution in [0, 0.1) is 11.6 Å². The summed E-state index contributed by atoms with van der Waals surface area (Å²) in [6.45, 7) is 2.01. The number of nitrogens with zero attached hydrogens (tertiary/aromatic N) is 4. The van der Waals surface area contributed by atoms with E-state index in [9.17, 15) is 18.4 Å². The topological polar surface area (TPSA) is 109 Å². The Morgan fingerprint density at radius 1 is 1.21 bits per heavy atom. The van der Waals surface area contributed by atoms with Crippen molar-refractivity contribution in [2.24, 2.45) is 0 Å². The van der Waals surface area contributed by atoms with Gasteiger partial charge < -0.3 is 20.3 Å². The van der Waals surface area contributed by atoms with E-state index in [1.807, 2.05) is 0 Å². The lowest BCUT2D eigenvalue weighted by atomic mass is 10.0. The molecule has 2 N–H and O–H groups in total. The quantitative estimate of drug-likeness (QED) is 0.450. The van der Waals surface area contributed by atoms with Crippen LogP contribution in [0.25, 0.3) is 11.0 Å². The number of rotatable bonds is 6. The van der Waals surface area contributed by atoms with E-state index in [4.69, 9.17) is 4.74 Å². The van der Waals surface area contributed by atoms with Crippen molar-refractivity contribution in [1.29, 1.82) is 0 Å². The summed E-state index contributed by atoms with van der Waals surface area (Å²) in [6, 6.07) is 4.54. The fraction of sp³-hybridized carbons (Fsp3) is 0.375. The Hall–Kier alpha value is -2.80. The summed E-state index contributed by atoms with van der Waals surface area (Å²) in [5.41, 5.74) is 1.26. The van der Waals surface area contributed by atoms with Crippen molar-refractivity contribution < 1.29 is 23.1 Å². The zero-order chi connectivity index (χ0) is 25.2. The third kappa shape index (κ3) is 6.42. The van der Waals surface area contributed by atoms with Crippen LogP contribution in [0.5, 0.6) is 5.88 Å². The minimum Gasteiger partial charge on any atom is -0.481 e. The molecule has 5 heterocycles. The fourth-order valence-electron chi connectivity index (χ4n) is 4.40. The number of piperidine rings is 1. The summed E-state index contributed by atoms with van der Waals surface area (Å²) < 4.78 is 34.2. The first kappa shape index (κ1) is 29.8. The zero-order valence-corrected chi connectivity index (χ0v) is 22.8. The van der Waals surface area contributed by atoms with Gasteiger partial charge in [0, 0.05) is 37.3 Å². The number of hydrogen-bond acceptors (Lipinski definition) is 8. The normalized spacial score (nSPS) is 15.6. The summed E-state index contributed by atoms with van der Waals surface area (Å²) in [5, 5.41) is 5.43. The molecule has 0 radical (unpaired) electrons. The van der Waals surface area contributed by atoms with Gasteiger partial charge in [-0.25, -0.2) is 18.7 Å². The monoisotopic (exact) mass is 586 g/mol. The molecule has 0 unspecified atom stereocenters. The molecule has 0 atom stereocenters. The number of carbonyl (C=O) groups excluding carboxylic acids is 2. The van der Waals surface area contributed by atoms with E-state index < -0.39 is 17.5 Å². The molecule has 3 aromatic heterocycles. The summed E-state index contributed by atoms with van der Waals surface area (Å²) in [4.78, 5) is 39.5. The van der Waals surface area contributed by atoms with E-state index >= 15 is 0 Å². The lowest BCUT2D eigenvalue weighted by Crippen LogP contribution is -2.45. The van der Waals surface area contributed by atoms with Crippen LogP contribution in [0.2, 0.25) is 0 Å². The number of pyridine rings is 3. The fourth-order valence-corrected chi connectivity index (χ4v) is 5.17. The number of thioether (sulfide) groups is 1. The van der Waals surface area contributed by atoms with Crippen molar-refractivity contribution in [3.8, 4) is 5.88 Å². The number of ether oxygens (including phenoxy) is 1. The Labute approximate surface area is 234 Å². The van der Waals surface area contributed by atoms with Crippen molar-refractivity contribution >= 4 is 65.2 Å². The lowest BCUT2D eigenvalue weighted by Gasteiger charge is -2.32. The average molecular weight is 587 g/mol. The number of nitrogens with one attached hydrogen (secondary N) is 2. The molecular formula is C24H26Cl2F2N6O3S. The van der Waals surface area contributed by atoms with E-state index in [1.165, 1.54) is 31.1 Å². The van der Waals surface area contributed by atoms with Gasteiger partial charge in [0.2, 0.25) is 11.8 Å². The number of aromatic nitrogens is 3. The zero-order valence-electron chi connectivity index (χ0n) is 20.3. The second-order valence-electron chi connectivity index (χ2n) is 8.65. The first-order valence-corrected chi connectivity index (χ1v) is 12.5.